The van der Waals surface area contributed by atoms with Crippen LogP contribution in [-0.4, -0.2) is 33.0 Å². The van der Waals surface area contributed by atoms with Crippen LogP contribution in [0.4, 0.5) is 5.69 Å². The van der Waals surface area contributed by atoms with Gasteiger partial charge in [-0.05, 0) is 26.0 Å². The number of nitrogens with one attached hydrogen (secondary N) is 1. The molecule has 0 aliphatic heterocycles. The molecule has 1 amide bonds. The summed E-state index contributed by atoms with van der Waals surface area (Å²) in [6, 6.07) is 7.02. The summed E-state index contributed by atoms with van der Waals surface area (Å²) in [5, 5.41) is 16.4. The number of carbonyl (C=O) groups excluding carboxylic acids is 1. The fraction of sp³-hybridized carbons (Fsp3) is 0.333. The third-order valence-corrected chi connectivity index (χ3v) is 2.65. The summed E-state index contributed by atoms with van der Waals surface area (Å²) in [5.74, 6) is 0.351. The van der Waals surface area contributed by atoms with Crippen molar-refractivity contribution < 1.29 is 14.6 Å². The van der Waals surface area contributed by atoms with Crippen LogP contribution in [0.1, 0.15) is 24.2 Å². The smallest absolute Gasteiger partial charge is 0.258 e. The lowest BCUT2D eigenvalue weighted by molar-refractivity contribution is 0.0285. The number of carbonyl (C=O) groups is 1. The third-order valence-electron chi connectivity index (χ3n) is 2.65. The normalized spacial score (nSPS) is 11.2. The Morgan fingerprint density at radius 1 is 1.48 bits per heavy atom. The Labute approximate surface area is 123 Å². The van der Waals surface area contributed by atoms with Gasteiger partial charge in [-0.15, -0.1) is 0 Å². The lowest BCUT2D eigenvalue weighted by atomic mass is 10.2. The number of ether oxygens (including phenoxy) is 1. The Hall–Kier alpha value is -2.34. The van der Waals surface area contributed by atoms with E-state index in [0.29, 0.717) is 17.0 Å². The molecule has 0 aliphatic rings. The molecule has 0 saturated heterocycles. The van der Waals surface area contributed by atoms with Gasteiger partial charge in [0.25, 0.3) is 5.91 Å². The first kappa shape index (κ1) is 15.1. The van der Waals surface area contributed by atoms with Crippen LogP contribution in [0.3, 0.4) is 0 Å². The molecule has 0 unspecified atom stereocenters. The molecular formula is C15H19N3O3. The molecule has 6 nitrogen and oxygen atoms in total. The number of anilines is 1. The van der Waals surface area contributed by atoms with E-state index >= 15 is 0 Å². The number of hydrogen-bond acceptors (Lipinski definition) is 4. The second-order valence-electron chi connectivity index (χ2n) is 5.49. The minimum absolute atomic E-state index is 0.174. The van der Waals surface area contributed by atoms with Crippen LogP contribution in [-0.2, 0) is 7.05 Å². The molecule has 0 atom stereocenters. The minimum Gasteiger partial charge on any atom is -0.491 e. The van der Waals surface area contributed by atoms with Gasteiger partial charge in [-0.25, -0.2) is 0 Å². The van der Waals surface area contributed by atoms with Crippen molar-refractivity contribution in [3.8, 4) is 5.75 Å². The summed E-state index contributed by atoms with van der Waals surface area (Å²) in [7, 11) is 1.75. The van der Waals surface area contributed by atoms with Crippen LogP contribution in [0.25, 0.3) is 0 Å². The summed E-state index contributed by atoms with van der Waals surface area (Å²) >= 11 is 0. The van der Waals surface area contributed by atoms with Crippen molar-refractivity contribution in [2.24, 2.45) is 7.05 Å². The number of rotatable bonds is 5. The zero-order valence-electron chi connectivity index (χ0n) is 12.3. The molecule has 0 aliphatic carbocycles. The van der Waals surface area contributed by atoms with E-state index in [4.69, 9.17) is 4.74 Å². The average molecular weight is 289 g/mol. The van der Waals surface area contributed by atoms with E-state index in [-0.39, 0.29) is 12.5 Å². The Morgan fingerprint density at radius 3 is 2.86 bits per heavy atom. The van der Waals surface area contributed by atoms with E-state index < -0.39 is 5.60 Å². The van der Waals surface area contributed by atoms with Crippen molar-refractivity contribution in [1.82, 2.24) is 9.78 Å². The summed E-state index contributed by atoms with van der Waals surface area (Å²) in [4.78, 5) is 12.0. The summed E-state index contributed by atoms with van der Waals surface area (Å²) in [5.41, 5.74) is 0.201. The highest BCUT2D eigenvalue weighted by atomic mass is 16.5. The molecule has 1 aromatic carbocycles. The molecule has 0 spiro atoms. The maximum atomic E-state index is 12.0. The van der Waals surface area contributed by atoms with Crippen LogP contribution < -0.4 is 10.1 Å². The number of aromatic nitrogens is 2. The molecule has 21 heavy (non-hydrogen) atoms. The molecule has 2 rings (SSSR count). The number of amides is 1. The monoisotopic (exact) mass is 289 g/mol. The summed E-state index contributed by atoms with van der Waals surface area (Å²) < 4.78 is 7.05. The SMILES string of the molecule is Cn1cc(C(=O)Nc2cccc(OCC(C)(C)O)c2)cn1. The molecule has 1 aromatic heterocycles. The Kier molecular flexibility index (Phi) is 4.28. The van der Waals surface area contributed by atoms with Gasteiger partial charge in [0.1, 0.15) is 12.4 Å². The second kappa shape index (κ2) is 5.97. The standard InChI is InChI=1S/C15H19N3O3/c1-15(2,20)10-21-13-6-4-5-12(7-13)17-14(19)11-8-16-18(3)9-11/h4-9,20H,10H2,1-3H3,(H,17,19). The molecule has 2 N–H and O–H groups in total. The molecule has 0 saturated carbocycles. The van der Waals surface area contributed by atoms with Crippen molar-refractivity contribution in [2.75, 3.05) is 11.9 Å². The highest BCUT2D eigenvalue weighted by Crippen LogP contribution is 2.19. The quantitative estimate of drug-likeness (QED) is 0.880. The van der Waals surface area contributed by atoms with E-state index in [1.54, 1.807) is 56.0 Å². The van der Waals surface area contributed by atoms with Crippen molar-refractivity contribution in [2.45, 2.75) is 19.4 Å². The maximum Gasteiger partial charge on any atom is 0.258 e. The van der Waals surface area contributed by atoms with Crippen LogP contribution in [0.5, 0.6) is 5.75 Å². The molecule has 0 radical (unpaired) electrons. The third kappa shape index (κ3) is 4.61. The van der Waals surface area contributed by atoms with Crippen molar-refractivity contribution in [3.63, 3.8) is 0 Å². The first-order chi connectivity index (χ1) is 9.83. The van der Waals surface area contributed by atoms with Crippen molar-refractivity contribution in [1.29, 1.82) is 0 Å². The molecule has 0 fully saturated rings. The van der Waals surface area contributed by atoms with Gasteiger partial charge in [-0.3, -0.25) is 9.48 Å². The molecule has 112 valence electrons. The number of aliphatic hydroxyl groups is 1. The molecule has 2 aromatic rings. The number of benzene rings is 1. The fourth-order valence-electron chi connectivity index (χ4n) is 1.67. The van der Waals surface area contributed by atoms with Crippen LogP contribution in [0.2, 0.25) is 0 Å². The van der Waals surface area contributed by atoms with E-state index in [2.05, 4.69) is 10.4 Å². The predicted molar refractivity (Wildman–Crippen MR) is 79.4 cm³/mol. The van der Waals surface area contributed by atoms with Gasteiger partial charge in [-0.1, -0.05) is 6.07 Å². The summed E-state index contributed by atoms with van der Waals surface area (Å²) in [6.45, 7) is 3.51. The van der Waals surface area contributed by atoms with E-state index in [1.165, 1.54) is 6.20 Å². The van der Waals surface area contributed by atoms with Crippen molar-refractivity contribution >= 4 is 11.6 Å². The van der Waals surface area contributed by atoms with E-state index in [1.807, 2.05) is 0 Å². The Balaban J connectivity index is 2.02. The molecule has 0 bridgehead atoms. The van der Waals surface area contributed by atoms with Gasteiger partial charge in [0.15, 0.2) is 0 Å². The predicted octanol–water partition coefficient (Wildman–Crippen LogP) is 1.82. The zero-order chi connectivity index (χ0) is 15.5. The Bertz CT molecular complexity index is 629. The fourth-order valence-corrected chi connectivity index (χ4v) is 1.67. The highest BCUT2D eigenvalue weighted by molar-refractivity contribution is 6.04. The average Bonchev–Trinajstić information content (AvgIpc) is 2.83. The second-order valence-corrected chi connectivity index (χ2v) is 5.49. The van der Waals surface area contributed by atoms with Gasteiger partial charge in [0.2, 0.25) is 0 Å². The lowest BCUT2D eigenvalue weighted by Crippen LogP contribution is -2.27. The van der Waals surface area contributed by atoms with Gasteiger partial charge < -0.3 is 15.2 Å². The van der Waals surface area contributed by atoms with Gasteiger partial charge in [0, 0.05) is 25.0 Å². The number of aryl methyl sites for hydroxylation is 1. The van der Waals surface area contributed by atoms with Gasteiger partial charge in [0.05, 0.1) is 17.4 Å². The summed E-state index contributed by atoms with van der Waals surface area (Å²) in [6.07, 6.45) is 3.15. The molecule has 6 heteroatoms. The first-order valence-electron chi connectivity index (χ1n) is 6.59. The van der Waals surface area contributed by atoms with Crippen LogP contribution in [0, 0.1) is 0 Å². The van der Waals surface area contributed by atoms with Crippen molar-refractivity contribution in [3.05, 3.63) is 42.2 Å². The highest BCUT2D eigenvalue weighted by Gasteiger charge is 2.14. The zero-order valence-corrected chi connectivity index (χ0v) is 12.3. The van der Waals surface area contributed by atoms with Crippen LogP contribution >= 0.6 is 0 Å². The van der Waals surface area contributed by atoms with Gasteiger partial charge >= 0.3 is 0 Å². The Morgan fingerprint density at radius 2 is 2.24 bits per heavy atom. The van der Waals surface area contributed by atoms with E-state index in [0.717, 1.165) is 0 Å². The van der Waals surface area contributed by atoms with Gasteiger partial charge in [-0.2, -0.15) is 5.10 Å². The lowest BCUT2D eigenvalue weighted by Gasteiger charge is -2.18. The first-order valence-corrected chi connectivity index (χ1v) is 6.59. The molecular weight excluding hydrogens is 270 g/mol. The maximum absolute atomic E-state index is 12.0. The minimum atomic E-state index is -0.908. The van der Waals surface area contributed by atoms with E-state index in [9.17, 15) is 9.90 Å². The topological polar surface area (TPSA) is 76.4 Å². The van der Waals surface area contributed by atoms with Crippen LogP contribution in [0.15, 0.2) is 36.7 Å². The number of nitrogens with zero attached hydrogens (tertiary/aromatic N) is 2. The molecule has 1 heterocycles. The number of hydrogen-bond donors (Lipinski definition) is 2. The largest absolute Gasteiger partial charge is 0.491 e.